The zero-order chi connectivity index (χ0) is 23.2. The fourth-order valence-corrected chi connectivity index (χ4v) is 5.13. The Kier molecular flexibility index (Phi) is 8.04. The van der Waals surface area contributed by atoms with Crippen molar-refractivity contribution in [3.8, 4) is 5.75 Å². The van der Waals surface area contributed by atoms with Gasteiger partial charge < -0.3 is 18.9 Å². The van der Waals surface area contributed by atoms with Gasteiger partial charge in [0.15, 0.2) is 0 Å². The molecule has 3 heterocycles. The Balaban J connectivity index is 1.51. The minimum Gasteiger partial charge on any atom is -0.492 e. The first-order valence-electron chi connectivity index (χ1n) is 12.3. The molecule has 0 radical (unpaired) electrons. The summed E-state index contributed by atoms with van der Waals surface area (Å²) in [5.74, 6) is 2.32. The smallest absolute Gasteiger partial charge is 0.254 e. The summed E-state index contributed by atoms with van der Waals surface area (Å²) in [5, 5.41) is 0. The Morgan fingerprint density at radius 1 is 1.18 bits per heavy atom. The SMILES string of the molecule is CO[C@@H]1CCN2C[C@@H]1CCCCN(Cc1nccn1C(C)C)CCOc1cccc(c1)C2=O. The molecule has 1 aromatic carbocycles. The fraction of sp³-hybridized carbons (Fsp3) is 0.615. The predicted octanol–water partition coefficient (Wildman–Crippen LogP) is 4.01. The summed E-state index contributed by atoms with van der Waals surface area (Å²) in [6, 6.07) is 8.02. The van der Waals surface area contributed by atoms with E-state index in [2.05, 4.69) is 34.5 Å². The second-order valence-electron chi connectivity index (χ2n) is 9.57. The maximum absolute atomic E-state index is 13.2. The topological polar surface area (TPSA) is 59.8 Å². The van der Waals surface area contributed by atoms with Gasteiger partial charge in [0.2, 0.25) is 0 Å². The molecule has 1 saturated heterocycles. The van der Waals surface area contributed by atoms with E-state index in [1.807, 2.05) is 35.4 Å². The molecule has 7 heteroatoms. The molecule has 33 heavy (non-hydrogen) atoms. The molecule has 0 N–H and O–H groups in total. The van der Waals surface area contributed by atoms with Crippen molar-refractivity contribution in [2.24, 2.45) is 5.92 Å². The largest absolute Gasteiger partial charge is 0.492 e. The minimum absolute atomic E-state index is 0.0945. The van der Waals surface area contributed by atoms with Crippen molar-refractivity contribution in [1.82, 2.24) is 19.4 Å². The molecule has 1 fully saturated rings. The van der Waals surface area contributed by atoms with E-state index in [4.69, 9.17) is 9.47 Å². The highest BCUT2D eigenvalue weighted by Gasteiger charge is 2.31. The van der Waals surface area contributed by atoms with Crippen molar-refractivity contribution >= 4 is 5.91 Å². The molecule has 1 amide bonds. The van der Waals surface area contributed by atoms with E-state index in [1.54, 1.807) is 7.11 Å². The molecule has 4 rings (SSSR count). The molecule has 0 saturated carbocycles. The zero-order valence-corrected chi connectivity index (χ0v) is 20.3. The zero-order valence-electron chi connectivity index (χ0n) is 20.3. The molecule has 4 bridgehead atoms. The van der Waals surface area contributed by atoms with E-state index >= 15 is 0 Å². The lowest BCUT2D eigenvalue weighted by Gasteiger charge is -2.38. The van der Waals surface area contributed by atoms with E-state index in [1.165, 1.54) is 0 Å². The number of benzene rings is 1. The lowest BCUT2D eigenvalue weighted by atomic mass is 9.89. The van der Waals surface area contributed by atoms with E-state index in [-0.39, 0.29) is 12.0 Å². The predicted molar refractivity (Wildman–Crippen MR) is 128 cm³/mol. The highest BCUT2D eigenvalue weighted by molar-refractivity contribution is 5.94. The molecule has 0 unspecified atom stereocenters. The highest BCUT2D eigenvalue weighted by atomic mass is 16.5. The number of hydrogen-bond donors (Lipinski definition) is 0. The first-order chi connectivity index (χ1) is 16.0. The Labute approximate surface area is 197 Å². The number of piperidine rings is 1. The summed E-state index contributed by atoms with van der Waals surface area (Å²) < 4.78 is 14.1. The van der Waals surface area contributed by atoms with Crippen LogP contribution in [0.15, 0.2) is 36.7 Å². The van der Waals surface area contributed by atoms with E-state index in [0.29, 0.717) is 24.1 Å². The number of imidazole rings is 1. The number of carbonyl (C=O) groups excluding carboxylic acids is 1. The summed E-state index contributed by atoms with van der Waals surface area (Å²) in [6.07, 6.45) is 8.39. The van der Waals surface area contributed by atoms with Crippen LogP contribution in [-0.2, 0) is 11.3 Å². The third-order valence-corrected chi connectivity index (χ3v) is 6.98. The first kappa shape index (κ1) is 23.8. The fourth-order valence-electron chi connectivity index (χ4n) is 5.13. The minimum atomic E-state index is 0.0945. The van der Waals surface area contributed by atoms with Gasteiger partial charge in [-0.25, -0.2) is 4.98 Å². The van der Waals surface area contributed by atoms with Crippen LogP contribution < -0.4 is 4.74 Å². The second-order valence-corrected chi connectivity index (χ2v) is 9.57. The lowest BCUT2D eigenvalue weighted by molar-refractivity contribution is -0.00677. The van der Waals surface area contributed by atoms with Crippen molar-refractivity contribution in [2.45, 2.75) is 58.2 Å². The Bertz CT molecular complexity index is 912. The summed E-state index contributed by atoms with van der Waals surface area (Å²) >= 11 is 0. The van der Waals surface area contributed by atoms with Gasteiger partial charge in [0, 0.05) is 56.7 Å². The van der Waals surface area contributed by atoms with Crippen LogP contribution >= 0.6 is 0 Å². The van der Waals surface area contributed by atoms with Gasteiger partial charge in [0.05, 0.1) is 12.6 Å². The number of nitrogens with zero attached hydrogens (tertiary/aromatic N) is 4. The number of aromatic nitrogens is 2. The number of amides is 1. The summed E-state index contributed by atoms with van der Waals surface area (Å²) in [4.78, 5) is 22.2. The molecule has 2 aliphatic heterocycles. The van der Waals surface area contributed by atoms with Crippen molar-refractivity contribution in [2.75, 3.05) is 39.9 Å². The van der Waals surface area contributed by atoms with E-state index in [9.17, 15) is 4.79 Å². The highest BCUT2D eigenvalue weighted by Crippen LogP contribution is 2.27. The van der Waals surface area contributed by atoms with Crippen molar-refractivity contribution in [3.63, 3.8) is 0 Å². The molecule has 2 atom stereocenters. The average Bonchev–Trinajstić information content (AvgIpc) is 3.29. The van der Waals surface area contributed by atoms with Crippen LogP contribution in [0.4, 0.5) is 0 Å². The van der Waals surface area contributed by atoms with Crippen LogP contribution in [0.2, 0.25) is 0 Å². The molecule has 7 nitrogen and oxygen atoms in total. The van der Waals surface area contributed by atoms with Gasteiger partial charge in [-0.1, -0.05) is 12.5 Å². The number of rotatable bonds is 4. The number of hydrogen-bond acceptors (Lipinski definition) is 5. The first-order valence-corrected chi connectivity index (χ1v) is 12.3. The molecular weight excluding hydrogens is 416 g/mol. The Morgan fingerprint density at radius 2 is 2.06 bits per heavy atom. The number of methoxy groups -OCH3 is 1. The monoisotopic (exact) mass is 454 g/mol. The molecule has 1 aromatic heterocycles. The molecule has 0 aliphatic carbocycles. The molecule has 2 aromatic rings. The molecule has 180 valence electrons. The van der Waals surface area contributed by atoms with Gasteiger partial charge in [-0.3, -0.25) is 9.69 Å². The standard InChI is InChI=1S/C26H38N4O3/c1-20(2)30-14-11-27-25(30)19-28-12-5-4-7-22-18-29(13-10-24(22)32-3)26(31)21-8-6-9-23(17-21)33-16-15-28/h6,8-9,11,14,17,20,22,24H,4-5,7,10,12-13,15-16,18-19H2,1-3H3/t22-,24+/m0/s1. The van der Waals surface area contributed by atoms with Crippen molar-refractivity contribution in [3.05, 3.63) is 48.0 Å². The Morgan fingerprint density at radius 3 is 2.88 bits per heavy atom. The van der Waals surface area contributed by atoms with Gasteiger partial charge in [-0.15, -0.1) is 0 Å². The van der Waals surface area contributed by atoms with Gasteiger partial charge >= 0.3 is 0 Å². The van der Waals surface area contributed by atoms with E-state index < -0.39 is 0 Å². The number of fused-ring (bicyclic) bond motifs is 4. The normalized spacial score (nSPS) is 23.2. The Hall–Kier alpha value is -2.38. The molecular formula is C26H38N4O3. The third kappa shape index (κ3) is 5.95. The maximum atomic E-state index is 13.2. The van der Waals surface area contributed by atoms with Crippen LogP contribution in [0.25, 0.3) is 0 Å². The van der Waals surface area contributed by atoms with Crippen LogP contribution in [-0.4, -0.2) is 71.3 Å². The van der Waals surface area contributed by atoms with Gasteiger partial charge in [0.25, 0.3) is 5.91 Å². The summed E-state index contributed by atoms with van der Waals surface area (Å²) in [7, 11) is 1.80. The van der Waals surface area contributed by atoms with Gasteiger partial charge in [-0.2, -0.15) is 0 Å². The van der Waals surface area contributed by atoms with E-state index in [0.717, 1.165) is 70.0 Å². The third-order valence-electron chi connectivity index (χ3n) is 6.98. The van der Waals surface area contributed by atoms with Crippen LogP contribution in [0.1, 0.15) is 61.8 Å². The molecule has 2 aliphatic rings. The van der Waals surface area contributed by atoms with Crippen LogP contribution in [0, 0.1) is 5.92 Å². The van der Waals surface area contributed by atoms with Crippen LogP contribution in [0.5, 0.6) is 5.75 Å². The van der Waals surface area contributed by atoms with Crippen molar-refractivity contribution in [1.29, 1.82) is 0 Å². The lowest BCUT2D eigenvalue weighted by Crippen LogP contribution is -2.46. The molecule has 0 spiro atoms. The number of carbonyl (C=O) groups is 1. The van der Waals surface area contributed by atoms with Crippen molar-refractivity contribution < 1.29 is 14.3 Å². The average molecular weight is 455 g/mol. The van der Waals surface area contributed by atoms with Gasteiger partial charge in [0.1, 0.15) is 18.2 Å². The quantitative estimate of drug-likeness (QED) is 0.699. The van der Waals surface area contributed by atoms with Crippen LogP contribution in [0.3, 0.4) is 0 Å². The number of ether oxygens (including phenoxy) is 2. The van der Waals surface area contributed by atoms with Gasteiger partial charge in [-0.05, 0) is 57.9 Å². The maximum Gasteiger partial charge on any atom is 0.254 e. The summed E-state index contributed by atoms with van der Waals surface area (Å²) in [5.41, 5.74) is 0.702. The summed E-state index contributed by atoms with van der Waals surface area (Å²) in [6.45, 7) is 9.10. The second kappa shape index (κ2) is 11.2.